The zero-order chi connectivity index (χ0) is 52.0. The molecule has 2 unspecified atom stereocenters. The van der Waals surface area contributed by atoms with Crippen LogP contribution in [-0.4, -0.2) is 42.3 Å². The fraction of sp³-hybridized carbons (Fsp3) is 0.133. The second kappa shape index (κ2) is 21.5. The van der Waals surface area contributed by atoms with E-state index in [-0.39, 0.29) is 21.9 Å². The minimum atomic E-state index is -3.89. The van der Waals surface area contributed by atoms with Crippen LogP contribution in [0.5, 0.6) is 0 Å². The Hall–Kier alpha value is -8.14. The zero-order valence-corrected chi connectivity index (χ0v) is 43.2. The molecule has 0 fully saturated rings. The van der Waals surface area contributed by atoms with Crippen LogP contribution >= 0.6 is 0 Å². The van der Waals surface area contributed by atoms with E-state index in [0.29, 0.717) is 11.1 Å². The number of fused-ring (bicyclic) bond motifs is 2. The molecular formula is C60H56N8O4S2. The van der Waals surface area contributed by atoms with E-state index in [9.17, 15) is 16.8 Å². The van der Waals surface area contributed by atoms with Gasteiger partial charge in [-0.3, -0.25) is 9.97 Å². The molecule has 12 nitrogen and oxygen atoms in total. The average Bonchev–Trinajstić information content (AvgIpc) is 3.41. The minimum absolute atomic E-state index is 0.0222. The summed E-state index contributed by atoms with van der Waals surface area (Å²) in [6.45, 7) is 9.65. The van der Waals surface area contributed by atoms with E-state index in [1.165, 1.54) is 18.5 Å². The van der Waals surface area contributed by atoms with Crippen LogP contribution in [0.2, 0.25) is 0 Å². The van der Waals surface area contributed by atoms with Crippen molar-refractivity contribution in [3.05, 3.63) is 218 Å². The van der Waals surface area contributed by atoms with Crippen LogP contribution in [-0.2, 0) is 20.0 Å². The maximum absolute atomic E-state index is 13.1. The van der Waals surface area contributed by atoms with Gasteiger partial charge in [-0.25, -0.2) is 36.7 Å². The summed E-state index contributed by atoms with van der Waals surface area (Å²) in [5.74, 6) is 1.51. The summed E-state index contributed by atoms with van der Waals surface area (Å²) < 4.78 is 52.7. The molecule has 14 heteroatoms. The largest absolute Gasteiger partial charge is 0.363 e. The van der Waals surface area contributed by atoms with Gasteiger partial charge in [-0.15, -0.1) is 0 Å². The van der Waals surface area contributed by atoms with Crippen molar-refractivity contribution in [3.63, 3.8) is 0 Å². The molecule has 10 rings (SSSR count). The highest BCUT2D eigenvalue weighted by atomic mass is 32.2. The maximum Gasteiger partial charge on any atom is 0.242 e. The summed E-state index contributed by atoms with van der Waals surface area (Å²) in [7, 11) is -7.64. The highest BCUT2D eigenvalue weighted by Gasteiger charge is 2.24. The Morgan fingerprint density at radius 1 is 0.446 bits per heavy atom. The quantitative estimate of drug-likeness (QED) is 0.0867. The van der Waals surface area contributed by atoms with E-state index in [2.05, 4.69) is 99.8 Å². The molecular weight excluding hydrogens is 961 g/mol. The van der Waals surface area contributed by atoms with E-state index >= 15 is 0 Å². The van der Waals surface area contributed by atoms with E-state index in [1.807, 2.05) is 118 Å². The van der Waals surface area contributed by atoms with Gasteiger partial charge in [0.2, 0.25) is 20.0 Å². The number of rotatable bonds is 13. The van der Waals surface area contributed by atoms with Crippen molar-refractivity contribution in [2.45, 2.75) is 62.0 Å². The molecule has 0 aliphatic heterocycles. The lowest BCUT2D eigenvalue weighted by Crippen LogP contribution is -2.40. The summed E-state index contributed by atoms with van der Waals surface area (Å²) in [6.07, 6.45) is 9.48. The number of nitrogens with zero attached hydrogens (tertiary/aromatic N) is 4. The third kappa shape index (κ3) is 11.5. The summed E-state index contributed by atoms with van der Waals surface area (Å²) in [4.78, 5) is 18.2. The number of primary sulfonamides is 1. The van der Waals surface area contributed by atoms with E-state index in [0.717, 1.165) is 77.7 Å². The zero-order valence-electron chi connectivity index (χ0n) is 41.6. The van der Waals surface area contributed by atoms with Crippen molar-refractivity contribution in [3.8, 4) is 44.5 Å². The van der Waals surface area contributed by atoms with E-state index in [1.54, 1.807) is 30.9 Å². The first-order valence-corrected chi connectivity index (χ1v) is 27.1. The van der Waals surface area contributed by atoms with Crippen molar-refractivity contribution in [1.29, 1.82) is 0 Å². The van der Waals surface area contributed by atoms with Crippen LogP contribution in [0.25, 0.3) is 66.1 Å². The van der Waals surface area contributed by atoms with Gasteiger partial charge >= 0.3 is 0 Å². The lowest BCUT2D eigenvalue weighted by atomic mass is 9.94. The number of benzene rings is 6. The van der Waals surface area contributed by atoms with Gasteiger partial charge in [-0.05, 0) is 90.9 Å². The third-order valence-electron chi connectivity index (χ3n) is 12.4. The van der Waals surface area contributed by atoms with Gasteiger partial charge in [0.25, 0.3) is 0 Å². The summed E-state index contributed by atoms with van der Waals surface area (Å²) >= 11 is 0. The molecule has 0 bridgehead atoms. The fourth-order valence-electron chi connectivity index (χ4n) is 8.94. The van der Waals surface area contributed by atoms with Gasteiger partial charge in [0, 0.05) is 87.8 Å². The lowest BCUT2D eigenvalue weighted by Gasteiger charge is -2.21. The Balaban J connectivity index is 0.000000183. The Morgan fingerprint density at radius 2 is 0.838 bits per heavy atom. The molecule has 4 heterocycles. The highest BCUT2D eigenvalue weighted by molar-refractivity contribution is 7.89. The van der Waals surface area contributed by atoms with Crippen LogP contribution < -0.4 is 20.5 Å². The SMILES string of the molecule is CC(Nc1ncc(-c2cncc(S(=O)(=O)NC(C)(C)C)c2)c2cccc(-c3ccccc3)c12)c1ccccc1.CC(Nc1ncc(-c2cncc(S(N)(=O)=O)c2)c2cccc(-c3ccccc3)c12)c1ccccc1. The molecule has 10 aromatic rings. The Bertz CT molecular complexity index is 3820. The number of hydrogen-bond donors (Lipinski definition) is 4. The highest BCUT2D eigenvalue weighted by Crippen LogP contribution is 2.41. The van der Waals surface area contributed by atoms with Crippen molar-refractivity contribution in [2.24, 2.45) is 5.14 Å². The van der Waals surface area contributed by atoms with Gasteiger partial charge in [0.05, 0.1) is 0 Å². The van der Waals surface area contributed by atoms with Crippen molar-refractivity contribution in [1.82, 2.24) is 24.7 Å². The Morgan fingerprint density at radius 3 is 1.24 bits per heavy atom. The normalized spacial score (nSPS) is 12.6. The molecule has 6 aromatic carbocycles. The number of nitrogens with two attached hydrogens (primary N) is 1. The third-order valence-corrected chi connectivity index (χ3v) is 15.0. The summed E-state index contributed by atoms with van der Waals surface area (Å²) in [5.41, 5.74) is 8.76. The smallest absolute Gasteiger partial charge is 0.242 e. The molecule has 0 aliphatic carbocycles. The number of hydrogen-bond acceptors (Lipinski definition) is 10. The second-order valence-corrected chi connectivity index (χ2v) is 22.2. The number of sulfonamides is 2. The predicted octanol–water partition coefficient (Wildman–Crippen LogP) is 13.0. The van der Waals surface area contributed by atoms with Crippen LogP contribution in [0.1, 0.15) is 57.8 Å². The molecule has 0 saturated heterocycles. The van der Waals surface area contributed by atoms with Crippen LogP contribution in [0.15, 0.2) is 217 Å². The van der Waals surface area contributed by atoms with E-state index in [4.69, 9.17) is 15.1 Å². The van der Waals surface area contributed by atoms with Gasteiger partial charge in [-0.1, -0.05) is 158 Å². The van der Waals surface area contributed by atoms with Crippen LogP contribution in [0.4, 0.5) is 11.6 Å². The Labute approximate surface area is 433 Å². The first-order chi connectivity index (χ1) is 35.5. The predicted molar refractivity (Wildman–Crippen MR) is 299 cm³/mol. The second-order valence-electron chi connectivity index (χ2n) is 19.0. The summed E-state index contributed by atoms with van der Waals surface area (Å²) in [5, 5.41) is 16.3. The van der Waals surface area contributed by atoms with Gasteiger partial charge < -0.3 is 10.6 Å². The fourth-order valence-corrected chi connectivity index (χ4v) is 10.8. The number of nitrogens with one attached hydrogen (secondary N) is 3. The molecule has 0 amide bonds. The standard InChI is InChI=1S/C32H32N4O2S.C28H24N4O2S/c1-22(23-12-7-5-8-13-23)35-31-30-27(24-14-9-6-10-15-24)16-11-17-28(30)29(21-34-31)25-18-26(20-33-19-25)39(37,38)36-32(2,3)4;1-19(20-9-4-2-5-10-20)32-28-27-24(21-11-6-3-7-12-21)13-8-14-25(27)26(18-31-28)22-15-23(17-30-16-22)35(29,33)34/h5-22,36H,1-4H3,(H,34,35);2-19H,1H3,(H,31,32)(H2,29,33,34). The molecule has 74 heavy (non-hydrogen) atoms. The molecule has 0 radical (unpaired) electrons. The Kier molecular flexibility index (Phi) is 14.8. The first kappa shape index (κ1) is 50.8. The van der Waals surface area contributed by atoms with Gasteiger partial charge in [0.1, 0.15) is 21.4 Å². The number of anilines is 2. The first-order valence-electron chi connectivity index (χ1n) is 24.1. The molecule has 2 atom stereocenters. The molecule has 0 spiro atoms. The lowest BCUT2D eigenvalue weighted by molar-refractivity contribution is 0.491. The minimum Gasteiger partial charge on any atom is -0.363 e. The van der Waals surface area contributed by atoms with Crippen molar-refractivity contribution in [2.75, 3.05) is 10.6 Å². The monoisotopic (exact) mass is 1020 g/mol. The van der Waals surface area contributed by atoms with Crippen molar-refractivity contribution < 1.29 is 16.8 Å². The maximum atomic E-state index is 13.1. The number of pyridine rings is 4. The van der Waals surface area contributed by atoms with E-state index < -0.39 is 25.6 Å². The molecule has 372 valence electrons. The molecule has 0 saturated carbocycles. The van der Waals surface area contributed by atoms with Crippen LogP contribution in [0, 0.1) is 0 Å². The molecule has 0 aliphatic rings. The average molecular weight is 1020 g/mol. The van der Waals surface area contributed by atoms with Gasteiger partial charge in [-0.2, -0.15) is 0 Å². The van der Waals surface area contributed by atoms with Crippen molar-refractivity contribution >= 4 is 53.2 Å². The van der Waals surface area contributed by atoms with Gasteiger partial charge in [0.15, 0.2) is 0 Å². The topological polar surface area (TPSA) is 182 Å². The summed E-state index contributed by atoms with van der Waals surface area (Å²) in [6, 6.07) is 56.2. The van der Waals surface area contributed by atoms with Crippen LogP contribution in [0.3, 0.4) is 0 Å². The number of aromatic nitrogens is 4. The molecule has 5 N–H and O–H groups in total. The molecule has 4 aromatic heterocycles.